The Morgan fingerprint density at radius 3 is 3.06 bits per heavy atom. The van der Waals surface area contributed by atoms with Crippen molar-refractivity contribution in [1.82, 2.24) is 9.78 Å². The van der Waals surface area contributed by atoms with Gasteiger partial charge in [0.15, 0.2) is 0 Å². The maximum Gasteiger partial charge on any atom is 0.0728 e. The lowest BCUT2D eigenvalue weighted by Crippen LogP contribution is -2.21. The maximum absolute atomic E-state index is 4.28. The Kier molecular flexibility index (Phi) is 3.65. The number of nitrogens with one attached hydrogen (secondary N) is 1. The molecular weight excluding hydrogens is 198 g/mol. The number of rotatable bonds is 7. The van der Waals surface area contributed by atoms with Gasteiger partial charge in [0.2, 0.25) is 0 Å². The average Bonchev–Trinajstić information content (AvgIpc) is 3.05. The molecule has 0 aliphatic heterocycles. The first kappa shape index (κ1) is 11.2. The molecule has 2 rings (SSSR count). The fourth-order valence-corrected chi connectivity index (χ4v) is 2.05. The van der Waals surface area contributed by atoms with Crippen LogP contribution in [0, 0.1) is 5.92 Å². The van der Waals surface area contributed by atoms with E-state index in [-0.39, 0.29) is 0 Å². The summed E-state index contributed by atoms with van der Waals surface area (Å²) >= 11 is 0. The molecule has 1 aliphatic rings. The quantitative estimate of drug-likeness (QED) is 0.714. The van der Waals surface area contributed by atoms with Crippen molar-refractivity contribution in [2.45, 2.75) is 45.2 Å². The fraction of sp³-hybridized carbons (Fsp3) is 0.615. The highest BCUT2D eigenvalue weighted by molar-refractivity contribution is 5.39. The zero-order valence-corrected chi connectivity index (χ0v) is 10.0. The summed E-state index contributed by atoms with van der Waals surface area (Å²) in [7, 11) is 0. The Morgan fingerprint density at radius 1 is 1.69 bits per heavy atom. The van der Waals surface area contributed by atoms with Crippen molar-refractivity contribution in [3.63, 3.8) is 0 Å². The van der Waals surface area contributed by atoms with Gasteiger partial charge >= 0.3 is 0 Å². The van der Waals surface area contributed by atoms with Gasteiger partial charge in [0.1, 0.15) is 0 Å². The van der Waals surface area contributed by atoms with Gasteiger partial charge in [0.05, 0.1) is 11.9 Å². The summed E-state index contributed by atoms with van der Waals surface area (Å²) in [5, 5.41) is 7.88. The Labute approximate surface area is 97.5 Å². The Balaban J connectivity index is 1.91. The van der Waals surface area contributed by atoms with Crippen LogP contribution in [0.2, 0.25) is 0 Å². The monoisotopic (exact) mass is 219 g/mol. The molecule has 3 heteroatoms. The standard InChI is InChI=1S/C13H21N3/c1-3-5-6-13(11-7-8-11)15-12-9-14-16(4-2)10-12/h3,9-11,13,15H,1,4-8H2,2H3. The summed E-state index contributed by atoms with van der Waals surface area (Å²) in [4.78, 5) is 0. The Hall–Kier alpha value is -1.25. The molecule has 88 valence electrons. The van der Waals surface area contributed by atoms with Crippen LogP contribution >= 0.6 is 0 Å². The first-order chi connectivity index (χ1) is 7.83. The SMILES string of the molecule is C=CCCC(Nc1cnn(CC)c1)C1CC1. The minimum absolute atomic E-state index is 0.604. The van der Waals surface area contributed by atoms with Gasteiger partial charge in [-0.1, -0.05) is 6.08 Å². The van der Waals surface area contributed by atoms with Crippen molar-refractivity contribution < 1.29 is 0 Å². The summed E-state index contributed by atoms with van der Waals surface area (Å²) < 4.78 is 1.96. The molecule has 1 fully saturated rings. The number of nitrogens with zero attached hydrogens (tertiary/aromatic N) is 2. The van der Waals surface area contributed by atoms with Gasteiger partial charge < -0.3 is 5.32 Å². The summed E-state index contributed by atoms with van der Waals surface area (Å²) in [6.07, 6.45) is 11.0. The van der Waals surface area contributed by atoms with E-state index < -0.39 is 0 Å². The molecule has 16 heavy (non-hydrogen) atoms. The van der Waals surface area contributed by atoms with Gasteiger partial charge in [0, 0.05) is 18.8 Å². The van der Waals surface area contributed by atoms with Gasteiger partial charge in [-0.2, -0.15) is 5.10 Å². The Bertz CT molecular complexity index is 339. The van der Waals surface area contributed by atoms with E-state index in [1.807, 2.05) is 17.0 Å². The van der Waals surface area contributed by atoms with E-state index in [2.05, 4.69) is 30.1 Å². The van der Waals surface area contributed by atoms with Crippen molar-refractivity contribution in [3.8, 4) is 0 Å². The second kappa shape index (κ2) is 5.19. The Morgan fingerprint density at radius 2 is 2.50 bits per heavy atom. The molecule has 1 aliphatic carbocycles. The fourth-order valence-electron chi connectivity index (χ4n) is 2.05. The molecular formula is C13H21N3. The summed E-state index contributed by atoms with van der Waals surface area (Å²) in [5.74, 6) is 0.866. The lowest BCUT2D eigenvalue weighted by molar-refractivity contribution is 0.592. The van der Waals surface area contributed by atoms with Crippen molar-refractivity contribution in [2.24, 2.45) is 5.92 Å². The molecule has 0 radical (unpaired) electrons. The third-order valence-electron chi connectivity index (χ3n) is 3.18. The van der Waals surface area contributed by atoms with E-state index in [9.17, 15) is 0 Å². The van der Waals surface area contributed by atoms with Gasteiger partial charge in [-0.25, -0.2) is 0 Å². The van der Waals surface area contributed by atoms with Crippen molar-refractivity contribution in [3.05, 3.63) is 25.0 Å². The number of aryl methyl sites for hydroxylation is 1. The van der Waals surface area contributed by atoms with Gasteiger partial charge in [-0.05, 0) is 38.5 Å². The smallest absolute Gasteiger partial charge is 0.0728 e. The lowest BCUT2D eigenvalue weighted by atomic mass is 10.1. The van der Waals surface area contributed by atoms with Crippen LogP contribution in [0.5, 0.6) is 0 Å². The highest BCUT2D eigenvalue weighted by atomic mass is 15.3. The van der Waals surface area contributed by atoms with E-state index in [1.54, 1.807) is 0 Å². The van der Waals surface area contributed by atoms with E-state index in [1.165, 1.54) is 19.3 Å². The summed E-state index contributed by atoms with van der Waals surface area (Å²) in [6.45, 7) is 6.83. The minimum atomic E-state index is 0.604. The van der Waals surface area contributed by atoms with E-state index in [0.717, 1.165) is 24.6 Å². The van der Waals surface area contributed by atoms with Crippen molar-refractivity contribution in [2.75, 3.05) is 5.32 Å². The topological polar surface area (TPSA) is 29.9 Å². The maximum atomic E-state index is 4.28. The number of hydrogen-bond donors (Lipinski definition) is 1. The second-order valence-electron chi connectivity index (χ2n) is 4.54. The summed E-state index contributed by atoms with van der Waals surface area (Å²) in [6, 6.07) is 0.604. The molecule has 0 saturated heterocycles. The van der Waals surface area contributed by atoms with Crippen molar-refractivity contribution in [1.29, 1.82) is 0 Å². The first-order valence-corrected chi connectivity index (χ1v) is 6.23. The third kappa shape index (κ3) is 2.87. The van der Waals surface area contributed by atoms with E-state index in [0.29, 0.717) is 6.04 Å². The molecule has 0 bridgehead atoms. The van der Waals surface area contributed by atoms with Crippen LogP contribution in [0.4, 0.5) is 5.69 Å². The molecule has 0 spiro atoms. The number of hydrogen-bond acceptors (Lipinski definition) is 2. The molecule has 1 N–H and O–H groups in total. The van der Waals surface area contributed by atoms with Crippen LogP contribution in [-0.4, -0.2) is 15.8 Å². The van der Waals surface area contributed by atoms with Crippen LogP contribution in [0.25, 0.3) is 0 Å². The molecule has 3 nitrogen and oxygen atoms in total. The number of anilines is 1. The van der Waals surface area contributed by atoms with E-state index in [4.69, 9.17) is 0 Å². The van der Waals surface area contributed by atoms with Crippen molar-refractivity contribution >= 4 is 5.69 Å². The third-order valence-corrected chi connectivity index (χ3v) is 3.18. The molecule has 1 unspecified atom stereocenters. The van der Waals surface area contributed by atoms with Crippen LogP contribution in [0.3, 0.4) is 0 Å². The normalized spacial score (nSPS) is 17.1. The van der Waals surface area contributed by atoms with Crippen LogP contribution in [-0.2, 0) is 6.54 Å². The zero-order valence-electron chi connectivity index (χ0n) is 10.0. The first-order valence-electron chi connectivity index (χ1n) is 6.23. The lowest BCUT2D eigenvalue weighted by Gasteiger charge is -2.17. The number of allylic oxidation sites excluding steroid dienone is 1. The largest absolute Gasteiger partial charge is 0.379 e. The highest BCUT2D eigenvalue weighted by Crippen LogP contribution is 2.36. The summed E-state index contributed by atoms with van der Waals surface area (Å²) in [5.41, 5.74) is 1.16. The number of aromatic nitrogens is 2. The van der Waals surface area contributed by atoms with Gasteiger partial charge in [0.25, 0.3) is 0 Å². The van der Waals surface area contributed by atoms with E-state index >= 15 is 0 Å². The van der Waals surface area contributed by atoms with Crippen LogP contribution < -0.4 is 5.32 Å². The van der Waals surface area contributed by atoms with Crippen LogP contribution in [0.1, 0.15) is 32.6 Å². The zero-order chi connectivity index (χ0) is 11.4. The molecule has 1 atom stereocenters. The average molecular weight is 219 g/mol. The van der Waals surface area contributed by atoms with Crippen LogP contribution in [0.15, 0.2) is 25.0 Å². The molecule has 1 aromatic heterocycles. The van der Waals surface area contributed by atoms with Gasteiger partial charge in [-0.15, -0.1) is 6.58 Å². The predicted octanol–water partition coefficient (Wildman–Crippen LogP) is 3.06. The van der Waals surface area contributed by atoms with Gasteiger partial charge in [-0.3, -0.25) is 4.68 Å². The predicted molar refractivity (Wildman–Crippen MR) is 67.5 cm³/mol. The molecule has 1 heterocycles. The minimum Gasteiger partial charge on any atom is -0.379 e. The molecule has 0 amide bonds. The molecule has 0 aromatic carbocycles. The molecule has 1 saturated carbocycles. The molecule has 1 aromatic rings. The second-order valence-corrected chi connectivity index (χ2v) is 4.54. The highest BCUT2D eigenvalue weighted by Gasteiger charge is 2.30.